The molecule has 0 aliphatic heterocycles. The highest BCUT2D eigenvalue weighted by atomic mass is 32.1. The summed E-state index contributed by atoms with van der Waals surface area (Å²) in [5.74, 6) is -0.305. The van der Waals surface area contributed by atoms with Crippen molar-refractivity contribution in [2.24, 2.45) is 0 Å². The maximum Gasteiger partial charge on any atom is 0.241 e. The molecule has 0 aliphatic carbocycles. The lowest BCUT2D eigenvalue weighted by atomic mass is 10.2. The van der Waals surface area contributed by atoms with E-state index in [9.17, 15) is 9.59 Å². The van der Waals surface area contributed by atoms with Gasteiger partial charge in [0.2, 0.25) is 11.8 Å². The number of hydrogen-bond acceptors (Lipinski definition) is 4. The van der Waals surface area contributed by atoms with Gasteiger partial charge < -0.3 is 14.8 Å². The molecule has 2 aromatic rings. The third-order valence-corrected chi connectivity index (χ3v) is 4.48. The summed E-state index contributed by atoms with van der Waals surface area (Å²) < 4.78 is 1.94. The van der Waals surface area contributed by atoms with Crippen molar-refractivity contribution in [3.05, 3.63) is 27.8 Å². The van der Waals surface area contributed by atoms with E-state index >= 15 is 0 Å². The van der Waals surface area contributed by atoms with Gasteiger partial charge in [0.05, 0.1) is 17.2 Å². The van der Waals surface area contributed by atoms with E-state index in [1.807, 2.05) is 36.8 Å². The lowest BCUT2D eigenvalue weighted by molar-refractivity contribution is -0.131. The summed E-state index contributed by atoms with van der Waals surface area (Å²) in [5, 5.41) is 5.70. The monoisotopic (exact) mass is 334 g/mol. The minimum Gasteiger partial charge on any atom is -0.347 e. The molecule has 0 spiro atoms. The van der Waals surface area contributed by atoms with Crippen molar-refractivity contribution >= 4 is 23.2 Å². The van der Waals surface area contributed by atoms with Crippen LogP contribution in [0.15, 0.2) is 11.4 Å². The lowest BCUT2D eigenvalue weighted by Crippen LogP contribution is -2.37. The fourth-order valence-corrected chi connectivity index (χ4v) is 2.94. The second-order valence-electron chi connectivity index (χ2n) is 5.69. The number of carbonyl (C=O) groups excluding carboxylic acids is 2. The Morgan fingerprint density at radius 2 is 2.00 bits per heavy atom. The van der Waals surface area contributed by atoms with Crippen molar-refractivity contribution in [3.63, 3.8) is 0 Å². The van der Waals surface area contributed by atoms with Crippen LogP contribution in [0.2, 0.25) is 0 Å². The lowest BCUT2D eigenvalue weighted by Gasteiger charge is -2.13. The predicted octanol–water partition coefficient (Wildman–Crippen LogP) is 1.74. The van der Waals surface area contributed by atoms with Gasteiger partial charge in [0, 0.05) is 36.4 Å². The Kier molecular flexibility index (Phi) is 5.20. The molecule has 0 bridgehead atoms. The second-order valence-corrected chi connectivity index (χ2v) is 6.75. The molecular formula is C16H22N4O2S. The Bertz CT molecular complexity index is 731. The van der Waals surface area contributed by atoms with E-state index in [0.717, 1.165) is 27.7 Å². The first-order valence-corrected chi connectivity index (χ1v) is 8.23. The quantitative estimate of drug-likeness (QED) is 0.906. The van der Waals surface area contributed by atoms with Crippen LogP contribution in [-0.2, 0) is 16.1 Å². The molecule has 0 radical (unpaired) electrons. The standard InChI is InChI=1S/C16H22N4O2S/c1-10-6-13(14-9-23-12(3)18-14)11(2)20(10)8-15(21)17-7-16(22)19(4)5/h6,9H,7-8H2,1-5H3,(H,17,21). The number of nitrogens with one attached hydrogen (secondary N) is 1. The zero-order valence-corrected chi connectivity index (χ0v) is 15.0. The smallest absolute Gasteiger partial charge is 0.241 e. The minimum absolute atomic E-state index is 0.0172. The van der Waals surface area contributed by atoms with Crippen molar-refractivity contribution in [1.82, 2.24) is 19.8 Å². The summed E-state index contributed by atoms with van der Waals surface area (Å²) in [5.41, 5.74) is 3.98. The molecule has 0 aromatic carbocycles. The van der Waals surface area contributed by atoms with Gasteiger partial charge in [-0.25, -0.2) is 4.98 Å². The molecule has 0 aliphatic rings. The van der Waals surface area contributed by atoms with Gasteiger partial charge in [-0.15, -0.1) is 11.3 Å². The molecule has 0 fully saturated rings. The van der Waals surface area contributed by atoms with Crippen LogP contribution in [0, 0.1) is 20.8 Å². The molecule has 1 N–H and O–H groups in total. The van der Waals surface area contributed by atoms with Crippen molar-refractivity contribution < 1.29 is 9.59 Å². The fraction of sp³-hybridized carbons (Fsp3) is 0.438. The molecule has 23 heavy (non-hydrogen) atoms. The zero-order valence-electron chi connectivity index (χ0n) is 14.1. The first-order valence-electron chi connectivity index (χ1n) is 7.35. The number of amides is 2. The van der Waals surface area contributed by atoms with Crippen LogP contribution in [0.3, 0.4) is 0 Å². The van der Waals surface area contributed by atoms with Crippen molar-refractivity contribution in [1.29, 1.82) is 0 Å². The van der Waals surface area contributed by atoms with E-state index in [1.165, 1.54) is 4.90 Å². The molecule has 2 rings (SSSR count). The maximum absolute atomic E-state index is 12.1. The number of aromatic nitrogens is 2. The van der Waals surface area contributed by atoms with Crippen LogP contribution < -0.4 is 5.32 Å². The predicted molar refractivity (Wildman–Crippen MR) is 91.5 cm³/mol. The Hall–Kier alpha value is -2.15. The Balaban J connectivity index is 2.10. The number of rotatable bonds is 5. The molecule has 124 valence electrons. The summed E-state index contributed by atoms with van der Waals surface area (Å²) in [6.07, 6.45) is 0. The molecule has 0 unspecified atom stereocenters. The number of likely N-dealkylation sites (N-methyl/N-ethyl adjacent to an activating group) is 1. The summed E-state index contributed by atoms with van der Waals surface area (Å²) in [7, 11) is 3.33. The number of hydrogen-bond donors (Lipinski definition) is 1. The van der Waals surface area contributed by atoms with Gasteiger partial charge in [0.1, 0.15) is 6.54 Å². The average Bonchev–Trinajstić information content (AvgIpc) is 3.03. The van der Waals surface area contributed by atoms with Gasteiger partial charge >= 0.3 is 0 Å². The van der Waals surface area contributed by atoms with Gasteiger partial charge in [-0.1, -0.05) is 0 Å². The largest absolute Gasteiger partial charge is 0.347 e. The van der Waals surface area contributed by atoms with E-state index < -0.39 is 0 Å². The van der Waals surface area contributed by atoms with Crippen LogP contribution in [0.25, 0.3) is 11.3 Å². The molecule has 2 heterocycles. The zero-order chi connectivity index (χ0) is 17.1. The molecule has 0 saturated heterocycles. The normalized spacial score (nSPS) is 10.7. The van der Waals surface area contributed by atoms with Crippen LogP contribution in [-0.4, -0.2) is 46.9 Å². The Labute approximate surface area is 140 Å². The van der Waals surface area contributed by atoms with Crippen LogP contribution in [0.1, 0.15) is 16.4 Å². The first-order chi connectivity index (χ1) is 10.8. The molecule has 2 aromatic heterocycles. The van der Waals surface area contributed by atoms with Crippen LogP contribution in [0.5, 0.6) is 0 Å². The van der Waals surface area contributed by atoms with Crippen molar-refractivity contribution in [2.45, 2.75) is 27.3 Å². The summed E-state index contributed by atoms with van der Waals surface area (Å²) in [6, 6.07) is 2.04. The molecule has 0 atom stereocenters. The highest BCUT2D eigenvalue weighted by molar-refractivity contribution is 7.09. The highest BCUT2D eigenvalue weighted by Crippen LogP contribution is 2.27. The van der Waals surface area contributed by atoms with Crippen LogP contribution >= 0.6 is 11.3 Å². The van der Waals surface area contributed by atoms with Crippen molar-refractivity contribution in [2.75, 3.05) is 20.6 Å². The molecule has 7 heteroatoms. The van der Waals surface area contributed by atoms with Gasteiger partial charge in [-0.05, 0) is 26.8 Å². The number of aryl methyl sites for hydroxylation is 2. The van der Waals surface area contributed by atoms with E-state index in [1.54, 1.807) is 25.4 Å². The number of carbonyl (C=O) groups is 2. The van der Waals surface area contributed by atoms with E-state index in [4.69, 9.17) is 0 Å². The maximum atomic E-state index is 12.1. The molecular weight excluding hydrogens is 312 g/mol. The van der Waals surface area contributed by atoms with E-state index in [2.05, 4.69) is 10.3 Å². The van der Waals surface area contributed by atoms with E-state index in [-0.39, 0.29) is 24.9 Å². The number of nitrogens with zero attached hydrogens (tertiary/aromatic N) is 3. The van der Waals surface area contributed by atoms with Crippen LogP contribution in [0.4, 0.5) is 0 Å². The fourth-order valence-electron chi connectivity index (χ4n) is 2.32. The van der Waals surface area contributed by atoms with Gasteiger partial charge in [-0.2, -0.15) is 0 Å². The molecule has 6 nitrogen and oxygen atoms in total. The minimum atomic E-state index is -0.178. The van der Waals surface area contributed by atoms with Gasteiger partial charge in [-0.3, -0.25) is 9.59 Å². The highest BCUT2D eigenvalue weighted by Gasteiger charge is 2.15. The van der Waals surface area contributed by atoms with E-state index in [0.29, 0.717) is 0 Å². The Morgan fingerprint density at radius 1 is 1.30 bits per heavy atom. The second kappa shape index (κ2) is 6.95. The number of thiazole rings is 1. The summed E-state index contributed by atoms with van der Waals surface area (Å²) in [6.45, 7) is 6.14. The average molecular weight is 334 g/mol. The van der Waals surface area contributed by atoms with Gasteiger partial charge in [0.25, 0.3) is 0 Å². The molecule has 0 saturated carbocycles. The topological polar surface area (TPSA) is 67.2 Å². The van der Waals surface area contributed by atoms with Crippen molar-refractivity contribution in [3.8, 4) is 11.3 Å². The summed E-state index contributed by atoms with van der Waals surface area (Å²) in [4.78, 5) is 29.6. The Morgan fingerprint density at radius 3 is 2.57 bits per heavy atom. The third-order valence-electron chi connectivity index (χ3n) is 3.71. The third kappa shape index (κ3) is 3.98. The van der Waals surface area contributed by atoms with Gasteiger partial charge in [0.15, 0.2) is 0 Å². The SMILES string of the molecule is Cc1nc(-c2cc(C)n(CC(=O)NCC(=O)N(C)C)c2C)cs1. The molecule has 2 amide bonds. The summed E-state index contributed by atoms with van der Waals surface area (Å²) >= 11 is 1.61. The first kappa shape index (κ1) is 17.2.